The summed E-state index contributed by atoms with van der Waals surface area (Å²) in [6, 6.07) is 19.5. The molecule has 1 N–H and O–H groups in total. The second kappa shape index (κ2) is 8.53. The first kappa shape index (κ1) is 18.6. The van der Waals surface area contributed by atoms with E-state index < -0.39 is 0 Å². The van der Waals surface area contributed by atoms with E-state index in [0.717, 1.165) is 5.56 Å². The van der Waals surface area contributed by atoms with E-state index in [1.165, 1.54) is 0 Å². The topological polar surface area (TPSA) is 81.9 Å². The van der Waals surface area contributed by atoms with Gasteiger partial charge in [0.05, 0.1) is 6.42 Å². The first-order chi connectivity index (χ1) is 14.2. The van der Waals surface area contributed by atoms with Gasteiger partial charge in [0.1, 0.15) is 5.75 Å². The zero-order chi connectivity index (χ0) is 20.1. The van der Waals surface area contributed by atoms with Gasteiger partial charge in [-0.15, -0.1) is 10.2 Å². The molecule has 0 radical (unpaired) electrons. The molecule has 2 aromatic carbocycles. The highest BCUT2D eigenvalue weighted by molar-refractivity contribution is 6.30. The molecule has 1 amide bonds. The van der Waals surface area contributed by atoms with E-state index in [1.54, 1.807) is 65.6 Å². The van der Waals surface area contributed by atoms with Crippen molar-refractivity contribution < 1.29 is 9.53 Å². The lowest BCUT2D eigenvalue weighted by Crippen LogP contribution is -2.14. The number of ether oxygens (including phenoxy) is 1. The van der Waals surface area contributed by atoms with Crippen LogP contribution in [0.1, 0.15) is 5.56 Å². The van der Waals surface area contributed by atoms with Crippen molar-refractivity contribution in [1.29, 1.82) is 0 Å². The Kier molecular flexibility index (Phi) is 5.49. The highest BCUT2D eigenvalue weighted by Crippen LogP contribution is 2.21. The van der Waals surface area contributed by atoms with Crippen molar-refractivity contribution in [2.75, 3.05) is 5.32 Å². The Balaban J connectivity index is 1.34. The van der Waals surface area contributed by atoms with Gasteiger partial charge in [-0.3, -0.25) is 4.79 Å². The third-order valence-electron chi connectivity index (χ3n) is 4.00. The van der Waals surface area contributed by atoms with Crippen LogP contribution in [0.15, 0.2) is 79.1 Å². The van der Waals surface area contributed by atoms with E-state index in [2.05, 4.69) is 20.6 Å². The number of carbonyl (C=O) groups excluding carboxylic acids is 1. The molecule has 2 aromatic heterocycles. The van der Waals surface area contributed by atoms with Crippen molar-refractivity contribution in [3.05, 3.63) is 89.7 Å². The number of aromatic nitrogens is 4. The highest BCUT2D eigenvalue weighted by atomic mass is 35.5. The second-order valence-electron chi connectivity index (χ2n) is 6.16. The number of benzene rings is 2. The molecule has 0 unspecified atom stereocenters. The Morgan fingerprint density at radius 3 is 2.45 bits per heavy atom. The van der Waals surface area contributed by atoms with E-state index in [-0.39, 0.29) is 12.3 Å². The normalized spacial score (nSPS) is 10.5. The molecular formula is C21H16ClN5O2. The Hall–Kier alpha value is -3.71. The molecule has 0 aliphatic carbocycles. The van der Waals surface area contributed by atoms with Crippen LogP contribution in [-0.2, 0) is 11.2 Å². The summed E-state index contributed by atoms with van der Waals surface area (Å²) < 4.78 is 7.30. The Labute approximate surface area is 171 Å². The van der Waals surface area contributed by atoms with Crippen LogP contribution >= 0.6 is 11.6 Å². The lowest BCUT2D eigenvalue weighted by molar-refractivity contribution is -0.115. The molecule has 0 atom stereocenters. The van der Waals surface area contributed by atoms with Crippen LogP contribution in [-0.4, -0.2) is 25.9 Å². The van der Waals surface area contributed by atoms with Crippen molar-refractivity contribution >= 4 is 23.2 Å². The lowest BCUT2D eigenvalue weighted by atomic mass is 10.1. The van der Waals surface area contributed by atoms with E-state index in [0.29, 0.717) is 28.2 Å². The Bertz CT molecular complexity index is 1080. The van der Waals surface area contributed by atoms with E-state index in [4.69, 9.17) is 16.3 Å². The summed E-state index contributed by atoms with van der Waals surface area (Å²) in [5, 5.41) is 15.7. The van der Waals surface area contributed by atoms with E-state index in [1.807, 2.05) is 18.2 Å². The maximum Gasteiger partial charge on any atom is 0.238 e. The van der Waals surface area contributed by atoms with Gasteiger partial charge in [0.25, 0.3) is 0 Å². The highest BCUT2D eigenvalue weighted by Gasteiger charge is 2.06. The van der Waals surface area contributed by atoms with Gasteiger partial charge < -0.3 is 10.1 Å². The molecule has 29 heavy (non-hydrogen) atoms. The van der Waals surface area contributed by atoms with Crippen LogP contribution in [0.4, 0.5) is 5.69 Å². The average Bonchev–Trinajstić information content (AvgIpc) is 3.27. The monoisotopic (exact) mass is 405 g/mol. The number of carbonyl (C=O) groups is 1. The van der Waals surface area contributed by atoms with Crippen LogP contribution in [0, 0.1) is 0 Å². The third kappa shape index (κ3) is 4.97. The number of nitrogens with one attached hydrogen (secondary N) is 1. The van der Waals surface area contributed by atoms with E-state index >= 15 is 0 Å². The molecule has 0 spiro atoms. The Morgan fingerprint density at radius 1 is 1.00 bits per heavy atom. The number of rotatable bonds is 6. The Morgan fingerprint density at radius 2 is 1.79 bits per heavy atom. The summed E-state index contributed by atoms with van der Waals surface area (Å²) in [5.41, 5.74) is 1.57. The quantitative estimate of drug-likeness (QED) is 0.517. The van der Waals surface area contributed by atoms with Gasteiger partial charge in [-0.05, 0) is 54.1 Å². The molecule has 0 bridgehead atoms. The van der Waals surface area contributed by atoms with Gasteiger partial charge in [0, 0.05) is 29.2 Å². The predicted molar refractivity (Wildman–Crippen MR) is 109 cm³/mol. The fourth-order valence-corrected chi connectivity index (χ4v) is 2.74. The minimum absolute atomic E-state index is 0.110. The van der Waals surface area contributed by atoms with Crippen molar-refractivity contribution in [2.45, 2.75) is 6.42 Å². The molecule has 8 heteroatoms. The summed E-state index contributed by atoms with van der Waals surface area (Å²) >= 11 is 5.86. The van der Waals surface area contributed by atoms with Gasteiger partial charge >= 0.3 is 0 Å². The predicted octanol–water partition coefficient (Wildman–Crippen LogP) is 4.29. The molecule has 4 aromatic rings. The summed E-state index contributed by atoms with van der Waals surface area (Å²) in [6.45, 7) is 0. The minimum Gasteiger partial charge on any atom is -0.438 e. The molecule has 144 valence electrons. The molecule has 0 saturated heterocycles. The molecule has 0 saturated carbocycles. The molecule has 7 nitrogen and oxygen atoms in total. The summed E-state index contributed by atoms with van der Waals surface area (Å²) in [5.74, 6) is 1.43. The SMILES string of the molecule is O=C(Cc1ccc(Cl)cc1)Nc1ccc(Oc2ccc(-n3cccn3)nn2)cc1. The summed E-state index contributed by atoms with van der Waals surface area (Å²) in [6.07, 6.45) is 3.72. The van der Waals surface area contributed by atoms with Gasteiger partial charge in [-0.25, -0.2) is 4.68 Å². The largest absolute Gasteiger partial charge is 0.438 e. The standard InChI is InChI=1S/C21H16ClN5O2/c22-16-4-2-15(3-5-16)14-20(28)24-17-6-8-18(9-7-17)29-21-11-10-19(25-26-21)27-13-1-12-23-27/h1-13H,14H2,(H,24,28). The van der Waals surface area contributed by atoms with Crippen molar-refractivity contribution in [3.63, 3.8) is 0 Å². The van der Waals surface area contributed by atoms with E-state index in [9.17, 15) is 4.79 Å². The van der Waals surface area contributed by atoms with Gasteiger partial charge in [0.15, 0.2) is 5.82 Å². The molecule has 4 rings (SSSR count). The molecule has 0 fully saturated rings. The smallest absolute Gasteiger partial charge is 0.238 e. The van der Waals surface area contributed by atoms with Crippen LogP contribution in [0.3, 0.4) is 0 Å². The minimum atomic E-state index is -0.110. The number of hydrogen-bond acceptors (Lipinski definition) is 5. The fourth-order valence-electron chi connectivity index (χ4n) is 2.61. The zero-order valence-corrected chi connectivity index (χ0v) is 16.0. The van der Waals surface area contributed by atoms with Gasteiger partial charge in [-0.1, -0.05) is 23.7 Å². The summed E-state index contributed by atoms with van der Waals surface area (Å²) in [7, 11) is 0. The number of nitrogens with zero attached hydrogens (tertiary/aromatic N) is 4. The first-order valence-corrected chi connectivity index (χ1v) is 9.19. The van der Waals surface area contributed by atoms with Crippen LogP contribution in [0.2, 0.25) is 5.02 Å². The first-order valence-electron chi connectivity index (χ1n) is 8.82. The van der Waals surface area contributed by atoms with Crippen LogP contribution in [0.5, 0.6) is 11.6 Å². The molecule has 0 aliphatic heterocycles. The maximum absolute atomic E-state index is 12.2. The van der Waals surface area contributed by atoms with Crippen molar-refractivity contribution in [3.8, 4) is 17.4 Å². The number of anilines is 1. The number of hydrogen-bond donors (Lipinski definition) is 1. The van der Waals surface area contributed by atoms with Crippen LogP contribution < -0.4 is 10.1 Å². The van der Waals surface area contributed by atoms with Crippen LogP contribution in [0.25, 0.3) is 5.82 Å². The van der Waals surface area contributed by atoms with Gasteiger partial charge in [-0.2, -0.15) is 5.10 Å². The molecular weight excluding hydrogens is 390 g/mol. The second-order valence-corrected chi connectivity index (χ2v) is 6.59. The maximum atomic E-state index is 12.2. The average molecular weight is 406 g/mol. The number of halogens is 1. The van der Waals surface area contributed by atoms with Crippen molar-refractivity contribution in [1.82, 2.24) is 20.0 Å². The summed E-state index contributed by atoms with van der Waals surface area (Å²) in [4.78, 5) is 12.2. The number of amides is 1. The zero-order valence-electron chi connectivity index (χ0n) is 15.2. The molecule has 2 heterocycles. The fraction of sp³-hybridized carbons (Fsp3) is 0.0476. The van der Waals surface area contributed by atoms with Gasteiger partial charge in [0.2, 0.25) is 11.8 Å². The molecule has 0 aliphatic rings. The van der Waals surface area contributed by atoms with Crippen molar-refractivity contribution in [2.24, 2.45) is 0 Å². The lowest BCUT2D eigenvalue weighted by Gasteiger charge is -2.08. The third-order valence-corrected chi connectivity index (χ3v) is 4.26.